The zero-order valence-corrected chi connectivity index (χ0v) is 11.6. The second-order valence-electron chi connectivity index (χ2n) is 5.07. The van der Waals surface area contributed by atoms with Gasteiger partial charge in [-0.2, -0.15) is 0 Å². The molecule has 110 valence electrons. The molecule has 1 saturated heterocycles. The number of amides is 2. The van der Waals surface area contributed by atoms with Gasteiger partial charge in [-0.3, -0.25) is 29.4 Å². The molecule has 1 aliphatic heterocycles. The molecule has 2 rings (SSSR count). The fraction of sp³-hybridized carbons (Fsp3) is 0.357. The van der Waals surface area contributed by atoms with Gasteiger partial charge in [0.15, 0.2) is 5.78 Å². The zero-order valence-electron chi connectivity index (χ0n) is 11.6. The Labute approximate surface area is 120 Å². The van der Waals surface area contributed by atoms with Gasteiger partial charge in [0.25, 0.3) is 5.69 Å². The van der Waals surface area contributed by atoms with Crippen LogP contribution in [0.2, 0.25) is 0 Å². The molecule has 0 radical (unpaired) electrons. The number of ketones is 1. The lowest BCUT2D eigenvalue weighted by Gasteiger charge is -2.13. The Morgan fingerprint density at radius 3 is 2.33 bits per heavy atom. The highest BCUT2D eigenvalue weighted by Gasteiger charge is 2.42. The molecular weight excluding hydrogens is 276 g/mol. The Balaban J connectivity index is 2.19. The summed E-state index contributed by atoms with van der Waals surface area (Å²) in [5.41, 5.74) is -0.0985. The van der Waals surface area contributed by atoms with Crippen molar-refractivity contribution in [2.75, 3.05) is 6.54 Å². The van der Waals surface area contributed by atoms with Crippen LogP contribution in [0.1, 0.15) is 24.2 Å². The Morgan fingerprint density at radius 2 is 1.81 bits per heavy atom. The van der Waals surface area contributed by atoms with E-state index in [1.807, 2.05) is 0 Å². The number of hydrogen-bond acceptors (Lipinski definition) is 5. The summed E-state index contributed by atoms with van der Waals surface area (Å²) in [5.74, 6) is -2.16. The highest BCUT2D eigenvalue weighted by molar-refractivity contribution is 6.09. The van der Waals surface area contributed by atoms with E-state index in [2.05, 4.69) is 0 Å². The maximum Gasteiger partial charge on any atom is 0.270 e. The SMILES string of the molecule is CC1C(=O)N(CC(=O)c2cccc([N+](=O)[O-])c2)C(=O)C1C. The summed E-state index contributed by atoms with van der Waals surface area (Å²) in [5, 5.41) is 10.7. The molecule has 0 aliphatic carbocycles. The van der Waals surface area contributed by atoms with Crippen molar-refractivity contribution in [1.82, 2.24) is 4.90 Å². The number of benzene rings is 1. The monoisotopic (exact) mass is 290 g/mol. The average Bonchev–Trinajstić information content (AvgIpc) is 2.65. The molecule has 1 aromatic carbocycles. The maximum absolute atomic E-state index is 12.1. The van der Waals surface area contributed by atoms with Crippen molar-refractivity contribution >= 4 is 23.3 Å². The van der Waals surface area contributed by atoms with E-state index in [0.717, 1.165) is 11.0 Å². The van der Waals surface area contributed by atoms with E-state index in [-0.39, 0.29) is 29.6 Å². The minimum Gasteiger partial charge on any atom is -0.292 e. The molecule has 2 atom stereocenters. The topological polar surface area (TPSA) is 97.6 Å². The van der Waals surface area contributed by atoms with Crippen molar-refractivity contribution in [2.45, 2.75) is 13.8 Å². The lowest BCUT2D eigenvalue weighted by Crippen LogP contribution is -2.35. The first kappa shape index (κ1) is 14.8. The number of carbonyl (C=O) groups excluding carboxylic acids is 3. The van der Waals surface area contributed by atoms with E-state index in [1.54, 1.807) is 13.8 Å². The maximum atomic E-state index is 12.1. The smallest absolute Gasteiger partial charge is 0.270 e. The van der Waals surface area contributed by atoms with Crippen LogP contribution in [0.3, 0.4) is 0 Å². The van der Waals surface area contributed by atoms with Crippen LogP contribution in [0.25, 0.3) is 0 Å². The summed E-state index contributed by atoms with van der Waals surface area (Å²) in [6, 6.07) is 5.23. The van der Waals surface area contributed by atoms with E-state index in [4.69, 9.17) is 0 Å². The predicted octanol–water partition coefficient (Wildman–Crippen LogP) is 1.42. The van der Waals surface area contributed by atoms with Gasteiger partial charge in [-0.1, -0.05) is 26.0 Å². The Morgan fingerprint density at radius 1 is 1.24 bits per heavy atom. The van der Waals surface area contributed by atoms with Crippen LogP contribution < -0.4 is 0 Å². The predicted molar refractivity (Wildman–Crippen MR) is 72.5 cm³/mol. The number of likely N-dealkylation sites (tertiary alicyclic amines) is 1. The highest BCUT2D eigenvalue weighted by Crippen LogP contribution is 2.25. The quantitative estimate of drug-likeness (QED) is 0.361. The second-order valence-corrected chi connectivity index (χ2v) is 5.07. The number of rotatable bonds is 4. The number of imide groups is 1. The Bertz CT molecular complexity index is 620. The van der Waals surface area contributed by atoms with Gasteiger partial charge < -0.3 is 0 Å². The van der Waals surface area contributed by atoms with Gasteiger partial charge in [-0.15, -0.1) is 0 Å². The molecule has 0 N–H and O–H groups in total. The molecule has 1 heterocycles. The molecule has 7 heteroatoms. The largest absolute Gasteiger partial charge is 0.292 e. The molecule has 0 bridgehead atoms. The van der Waals surface area contributed by atoms with E-state index >= 15 is 0 Å². The van der Waals surface area contributed by atoms with Crippen LogP contribution in [0.4, 0.5) is 5.69 Å². The summed E-state index contributed by atoms with van der Waals surface area (Å²) in [4.78, 5) is 46.9. The fourth-order valence-electron chi connectivity index (χ4n) is 2.21. The van der Waals surface area contributed by atoms with Gasteiger partial charge in [-0.25, -0.2) is 0 Å². The summed E-state index contributed by atoms with van der Waals surface area (Å²) < 4.78 is 0. The molecule has 2 unspecified atom stereocenters. The Kier molecular flexibility index (Phi) is 3.84. The van der Waals surface area contributed by atoms with Crippen LogP contribution in [-0.4, -0.2) is 34.0 Å². The van der Waals surface area contributed by atoms with Crippen LogP contribution in [0, 0.1) is 22.0 Å². The van der Waals surface area contributed by atoms with E-state index < -0.39 is 22.5 Å². The highest BCUT2D eigenvalue weighted by atomic mass is 16.6. The van der Waals surface area contributed by atoms with Crippen molar-refractivity contribution in [3.05, 3.63) is 39.9 Å². The lowest BCUT2D eigenvalue weighted by molar-refractivity contribution is -0.384. The number of nitro benzene ring substituents is 1. The van der Waals surface area contributed by atoms with E-state index in [1.165, 1.54) is 18.2 Å². The van der Waals surface area contributed by atoms with Crippen LogP contribution in [0.5, 0.6) is 0 Å². The van der Waals surface area contributed by atoms with Gasteiger partial charge in [0, 0.05) is 29.5 Å². The number of hydrogen-bond donors (Lipinski definition) is 0. The lowest BCUT2D eigenvalue weighted by atomic mass is 10.00. The summed E-state index contributed by atoms with van der Waals surface area (Å²) >= 11 is 0. The van der Waals surface area contributed by atoms with E-state index in [9.17, 15) is 24.5 Å². The Hall–Kier alpha value is -2.57. The summed E-state index contributed by atoms with van der Waals surface area (Å²) in [7, 11) is 0. The number of Topliss-reactive ketones (excluding diaryl/α,β-unsaturated/α-hetero) is 1. The second kappa shape index (κ2) is 5.43. The number of nitro groups is 1. The molecule has 7 nitrogen and oxygen atoms in total. The number of carbonyl (C=O) groups is 3. The summed E-state index contributed by atoms with van der Waals surface area (Å²) in [6.07, 6.45) is 0. The first-order chi connectivity index (χ1) is 9.82. The molecule has 0 spiro atoms. The van der Waals surface area contributed by atoms with Crippen molar-refractivity contribution in [3.63, 3.8) is 0 Å². The van der Waals surface area contributed by atoms with Gasteiger partial charge in [0.2, 0.25) is 11.8 Å². The molecule has 1 aliphatic rings. The van der Waals surface area contributed by atoms with Crippen molar-refractivity contribution in [1.29, 1.82) is 0 Å². The van der Waals surface area contributed by atoms with Crippen LogP contribution in [0.15, 0.2) is 24.3 Å². The van der Waals surface area contributed by atoms with Crippen molar-refractivity contribution in [3.8, 4) is 0 Å². The number of non-ortho nitro benzene ring substituents is 1. The molecule has 1 fully saturated rings. The normalized spacial score (nSPS) is 21.7. The van der Waals surface area contributed by atoms with Crippen LogP contribution >= 0.6 is 0 Å². The van der Waals surface area contributed by atoms with Gasteiger partial charge in [-0.05, 0) is 0 Å². The van der Waals surface area contributed by atoms with Crippen molar-refractivity contribution in [2.24, 2.45) is 11.8 Å². The first-order valence-electron chi connectivity index (χ1n) is 6.45. The van der Waals surface area contributed by atoms with Gasteiger partial charge in [0.05, 0.1) is 11.5 Å². The summed E-state index contributed by atoms with van der Waals surface area (Å²) in [6.45, 7) is 2.90. The molecule has 2 amide bonds. The van der Waals surface area contributed by atoms with Crippen LogP contribution in [-0.2, 0) is 9.59 Å². The van der Waals surface area contributed by atoms with Gasteiger partial charge in [0.1, 0.15) is 0 Å². The fourth-order valence-corrected chi connectivity index (χ4v) is 2.21. The molecule has 0 saturated carbocycles. The number of nitrogens with zero attached hydrogens (tertiary/aromatic N) is 2. The molecule has 1 aromatic rings. The standard InChI is InChI=1S/C14H14N2O5/c1-8-9(2)14(19)15(13(8)18)7-12(17)10-4-3-5-11(6-10)16(20)21/h3-6,8-9H,7H2,1-2H3. The molecule has 21 heavy (non-hydrogen) atoms. The minimum absolute atomic E-state index is 0.108. The average molecular weight is 290 g/mol. The van der Waals surface area contributed by atoms with Crippen molar-refractivity contribution < 1.29 is 19.3 Å². The third-order valence-electron chi connectivity index (χ3n) is 3.74. The minimum atomic E-state index is -0.604. The third kappa shape index (κ3) is 2.67. The van der Waals surface area contributed by atoms with E-state index in [0.29, 0.717) is 0 Å². The molecule has 0 aromatic heterocycles. The van der Waals surface area contributed by atoms with Gasteiger partial charge >= 0.3 is 0 Å². The molecular formula is C14H14N2O5. The zero-order chi connectivity index (χ0) is 15.7. The first-order valence-corrected chi connectivity index (χ1v) is 6.45. The third-order valence-corrected chi connectivity index (χ3v) is 3.74.